The van der Waals surface area contributed by atoms with Gasteiger partial charge in [0.15, 0.2) is 0 Å². The SMILES string of the molecule is COc1ccc(C2C[C@H]3CC[C@@H](C2)N3C(=O)CCc2cnn(C)c2)cc1. The molecule has 5 heteroatoms. The molecule has 0 N–H and O–H groups in total. The first-order valence-corrected chi connectivity index (χ1v) is 9.56. The molecule has 0 aliphatic carbocycles. The molecule has 138 valence electrons. The Morgan fingerprint density at radius 3 is 2.46 bits per heavy atom. The van der Waals surface area contributed by atoms with E-state index in [-0.39, 0.29) is 0 Å². The van der Waals surface area contributed by atoms with Crippen LogP contribution in [-0.2, 0) is 18.3 Å². The molecule has 3 atom stereocenters. The van der Waals surface area contributed by atoms with Crippen LogP contribution in [0.15, 0.2) is 36.7 Å². The summed E-state index contributed by atoms with van der Waals surface area (Å²) >= 11 is 0. The number of hydrogen-bond acceptors (Lipinski definition) is 3. The maximum atomic E-state index is 12.8. The Kier molecular flexibility index (Phi) is 4.70. The number of piperidine rings is 1. The van der Waals surface area contributed by atoms with E-state index in [4.69, 9.17) is 4.74 Å². The van der Waals surface area contributed by atoms with Crippen LogP contribution in [0.5, 0.6) is 5.75 Å². The van der Waals surface area contributed by atoms with Crippen molar-refractivity contribution in [1.29, 1.82) is 0 Å². The predicted octanol–water partition coefficient (Wildman–Crippen LogP) is 3.30. The zero-order chi connectivity index (χ0) is 18.1. The lowest BCUT2D eigenvalue weighted by molar-refractivity contribution is -0.135. The second-order valence-corrected chi connectivity index (χ2v) is 7.65. The van der Waals surface area contributed by atoms with E-state index < -0.39 is 0 Å². The molecule has 1 aromatic heterocycles. The molecule has 2 fully saturated rings. The summed E-state index contributed by atoms with van der Waals surface area (Å²) in [6.07, 6.45) is 9.70. The van der Waals surface area contributed by atoms with Gasteiger partial charge in [0.2, 0.25) is 5.91 Å². The minimum atomic E-state index is 0.314. The van der Waals surface area contributed by atoms with Gasteiger partial charge in [0.25, 0.3) is 0 Å². The number of hydrogen-bond donors (Lipinski definition) is 0. The molecule has 2 aromatic rings. The van der Waals surface area contributed by atoms with Crippen LogP contribution in [0.3, 0.4) is 0 Å². The third kappa shape index (κ3) is 3.35. The van der Waals surface area contributed by atoms with Crippen molar-refractivity contribution in [2.75, 3.05) is 7.11 Å². The lowest BCUT2D eigenvalue weighted by atomic mass is 9.85. The third-order valence-electron chi connectivity index (χ3n) is 5.99. The number of carbonyl (C=O) groups is 1. The highest BCUT2D eigenvalue weighted by Gasteiger charge is 2.43. The molecule has 26 heavy (non-hydrogen) atoms. The summed E-state index contributed by atoms with van der Waals surface area (Å²) in [6, 6.07) is 9.27. The van der Waals surface area contributed by atoms with Crippen LogP contribution < -0.4 is 4.74 Å². The number of ether oxygens (including phenoxy) is 1. The second kappa shape index (κ2) is 7.14. The molecule has 2 saturated heterocycles. The number of methoxy groups -OCH3 is 1. The number of benzene rings is 1. The number of rotatable bonds is 5. The molecule has 5 nitrogen and oxygen atoms in total. The molecule has 2 aliphatic rings. The number of aryl methyl sites for hydroxylation is 2. The first kappa shape index (κ1) is 17.1. The summed E-state index contributed by atoms with van der Waals surface area (Å²) in [5, 5.41) is 4.19. The minimum Gasteiger partial charge on any atom is -0.497 e. The van der Waals surface area contributed by atoms with E-state index in [0.29, 0.717) is 30.3 Å². The molecule has 2 aliphatic heterocycles. The van der Waals surface area contributed by atoms with Gasteiger partial charge in [-0.05, 0) is 61.3 Å². The van der Waals surface area contributed by atoms with E-state index in [0.717, 1.165) is 43.4 Å². The van der Waals surface area contributed by atoms with Gasteiger partial charge in [-0.15, -0.1) is 0 Å². The molecule has 1 unspecified atom stereocenters. The van der Waals surface area contributed by atoms with Crippen molar-refractivity contribution in [1.82, 2.24) is 14.7 Å². The van der Waals surface area contributed by atoms with Crippen molar-refractivity contribution in [3.05, 3.63) is 47.8 Å². The van der Waals surface area contributed by atoms with Gasteiger partial charge in [-0.2, -0.15) is 5.10 Å². The molecule has 2 bridgehead atoms. The topological polar surface area (TPSA) is 47.4 Å². The monoisotopic (exact) mass is 353 g/mol. The second-order valence-electron chi connectivity index (χ2n) is 7.65. The van der Waals surface area contributed by atoms with Crippen molar-refractivity contribution < 1.29 is 9.53 Å². The van der Waals surface area contributed by atoms with Crippen LogP contribution in [0.4, 0.5) is 0 Å². The van der Waals surface area contributed by atoms with Gasteiger partial charge < -0.3 is 9.64 Å². The van der Waals surface area contributed by atoms with Gasteiger partial charge in [0.1, 0.15) is 5.75 Å². The number of carbonyl (C=O) groups excluding carboxylic acids is 1. The molecule has 1 amide bonds. The van der Waals surface area contributed by atoms with E-state index in [1.54, 1.807) is 11.8 Å². The van der Waals surface area contributed by atoms with Crippen molar-refractivity contribution in [3.63, 3.8) is 0 Å². The zero-order valence-electron chi connectivity index (χ0n) is 15.6. The average molecular weight is 353 g/mol. The first-order chi connectivity index (χ1) is 12.6. The van der Waals surface area contributed by atoms with Crippen molar-refractivity contribution in [3.8, 4) is 5.75 Å². The summed E-state index contributed by atoms with van der Waals surface area (Å²) in [6.45, 7) is 0. The summed E-state index contributed by atoms with van der Waals surface area (Å²) in [5.74, 6) is 1.77. The van der Waals surface area contributed by atoms with Gasteiger partial charge in [-0.1, -0.05) is 12.1 Å². The fourth-order valence-electron chi connectivity index (χ4n) is 4.71. The number of fused-ring (bicyclic) bond motifs is 2. The molecular weight excluding hydrogens is 326 g/mol. The smallest absolute Gasteiger partial charge is 0.223 e. The largest absolute Gasteiger partial charge is 0.497 e. The Labute approximate surface area is 154 Å². The van der Waals surface area contributed by atoms with Crippen LogP contribution in [0, 0.1) is 0 Å². The first-order valence-electron chi connectivity index (χ1n) is 9.56. The van der Waals surface area contributed by atoms with E-state index in [2.05, 4.69) is 22.1 Å². The number of aromatic nitrogens is 2. The van der Waals surface area contributed by atoms with Gasteiger partial charge in [0, 0.05) is 31.7 Å². The molecule has 4 rings (SSSR count). The summed E-state index contributed by atoms with van der Waals surface area (Å²) in [5.41, 5.74) is 2.52. The molecule has 3 heterocycles. The summed E-state index contributed by atoms with van der Waals surface area (Å²) < 4.78 is 7.06. The lowest BCUT2D eigenvalue weighted by Gasteiger charge is -2.39. The molecule has 1 aromatic carbocycles. The Bertz CT molecular complexity index is 754. The van der Waals surface area contributed by atoms with Crippen molar-refractivity contribution in [2.24, 2.45) is 7.05 Å². The maximum absolute atomic E-state index is 12.8. The van der Waals surface area contributed by atoms with Crippen LogP contribution in [0.2, 0.25) is 0 Å². The van der Waals surface area contributed by atoms with Crippen LogP contribution in [0.1, 0.15) is 49.1 Å². The van der Waals surface area contributed by atoms with Crippen LogP contribution in [-0.4, -0.2) is 39.8 Å². The molecular formula is C21H27N3O2. The Morgan fingerprint density at radius 1 is 1.19 bits per heavy atom. The Balaban J connectivity index is 1.39. The molecule has 0 saturated carbocycles. The highest BCUT2D eigenvalue weighted by Crippen LogP contribution is 2.43. The predicted molar refractivity (Wildman–Crippen MR) is 100 cm³/mol. The highest BCUT2D eigenvalue weighted by molar-refractivity contribution is 5.77. The minimum absolute atomic E-state index is 0.314. The van der Waals surface area contributed by atoms with Gasteiger partial charge in [-0.25, -0.2) is 0 Å². The highest BCUT2D eigenvalue weighted by atomic mass is 16.5. The van der Waals surface area contributed by atoms with Gasteiger partial charge in [-0.3, -0.25) is 9.48 Å². The van der Waals surface area contributed by atoms with Crippen LogP contribution in [0.25, 0.3) is 0 Å². The number of amides is 1. The van der Waals surface area contributed by atoms with Crippen molar-refractivity contribution >= 4 is 5.91 Å². The van der Waals surface area contributed by atoms with E-state index in [1.807, 2.05) is 31.6 Å². The van der Waals surface area contributed by atoms with Crippen molar-refractivity contribution in [2.45, 2.75) is 56.5 Å². The summed E-state index contributed by atoms with van der Waals surface area (Å²) in [4.78, 5) is 15.1. The van der Waals surface area contributed by atoms with Gasteiger partial charge >= 0.3 is 0 Å². The fourth-order valence-corrected chi connectivity index (χ4v) is 4.71. The Morgan fingerprint density at radius 2 is 1.88 bits per heavy atom. The average Bonchev–Trinajstić information content (AvgIpc) is 3.20. The standard InChI is InChI=1S/C21H27N3O2/c1-23-14-15(13-22-23)3-10-21(25)24-18-6-7-19(24)12-17(11-18)16-4-8-20(26-2)9-5-16/h4-5,8-9,13-14,17-19H,3,6-7,10-12H2,1-2H3/t17?,18-,19+. The maximum Gasteiger partial charge on any atom is 0.223 e. The van der Waals surface area contributed by atoms with Gasteiger partial charge in [0.05, 0.1) is 13.3 Å². The quantitative estimate of drug-likeness (QED) is 0.829. The molecule has 0 spiro atoms. The zero-order valence-corrected chi connectivity index (χ0v) is 15.6. The van der Waals surface area contributed by atoms with E-state index in [9.17, 15) is 4.79 Å². The normalized spacial score (nSPS) is 24.7. The third-order valence-corrected chi connectivity index (χ3v) is 5.99. The van der Waals surface area contributed by atoms with E-state index >= 15 is 0 Å². The fraction of sp³-hybridized carbons (Fsp3) is 0.524. The van der Waals surface area contributed by atoms with Crippen LogP contribution >= 0.6 is 0 Å². The van der Waals surface area contributed by atoms with E-state index in [1.165, 1.54) is 5.56 Å². The Hall–Kier alpha value is -2.30. The summed E-state index contributed by atoms with van der Waals surface area (Å²) in [7, 11) is 3.61. The molecule has 0 radical (unpaired) electrons. The number of nitrogens with zero attached hydrogens (tertiary/aromatic N) is 3. The lowest BCUT2D eigenvalue weighted by Crippen LogP contribution is -2.46.